The van der Waals surface area contributed by atoms with Crippen LogP contribution in [0.15, 0.2) is 60.0 Å². The maximum Gasteiger partial charge on any atom is 0.322 e. The van der Waals surface area contributed by atoms with Crippen LogP contribution in [0.25, 0.3) is 6.08 Å². The van der Waals surface area contributed by atoms with Crippen LogP contribution in [0.1, 0.15) is 31.3 Å². The summed E-state index contributed by atoms with van der Waals surface area (Å²) < 4.78 is 47.7. The number of sulfonamides is 1. The zero-order valence-electron chi connectivity index (χ0n) is 16.0. The highest BCUT2D eigenvalue weighted by Gasteiger charge is 2.21. The monoisotopic (exact) mass is 416 g/mol. The van der Waals surface area contributed by atoms with Crippen molar-refractivity contribution in [3.63, 3.8) is 0 Å². The van der Waals surface area contributed by atoms with Gasteiger partial charge in [0.15, 0.2) is 5.82 Å². The summed E-state index contributed by atoms with van der Waals surface area (Å²) in [5.41, 5.74) is 0.775. The molecule has 2 aromatic carbocycles. The van der Waals surface area contributed by atoms with Gasteiger partial charge < -0.3 is 4.74 Å². The van der Waals surface area contributed by atoms with E-state index in [0.29, 0.717) is 18.1 Å². The van der Waals surface area contributed by atoms with Crippen molar-refractivity contribution in [1.29, 1.82) is 0 Å². The first kappa shape index (κ1) is 20.7. The number of nitrogens with one attached hydrogen (secondary N) is 1. The normalized spacial score (nSPS) is 12.9. The van der Waals surface area contributed by atoms with Gasteiger partial charge >= 0.3 is 6.01 Å². The van der Waals surface area contributed by atoms with Crippen molar-refractivity contribution >= 4 is 16.1 Å². The smallest absolute Gasteiger partial charge is 0.322 e. The highest BCUT2D eigenvalue weighted by Crippen LogP contribution is 2.23. The summed E-state index contributed by atoms with van der Waals surface area (Å²) >= 11 is 0. The number of rotatable bonds is 8. The number of nitrogens with zero attached hydrogens (tertiary/aromatic N) is 3. The van der Waals surface area contributed by atoms with Gasteiger partial charge in [0.05, 0.1) is 6.04 Å². The molecule has 1 N–H and O–H groups in total. The Bertz CT molecular complexity index is 1080. The standard InChI is InChI=1S/C20H21FN4O3S/c1-3-25-19(22-23-20(25)28-18-11-9-17(21)10-12-18)15(2)24-29(26,27)14-13-16-7-5-4-6-8-16/h4-15,24H,3H2,1-2H3/b14-13+/t15-/m1/s1. The third-order valence-electron chi connectivity index (χ3n) is 4.05. The molecule has 0 saturated carbocycles. The van der Waals surface area contributed by atoms with Gasteiger partial charge in [-0.3, -0.25) is 4.57 Å². The molecule has 0 unspecified atom stereocenters. The lowest BCUT2D eigenvalue weighted by atomic mass is 10.2. The van der Waals surface area contributed by atoms with Crippen molar-refractivity contribution in [3.8, 4) is 11.8 Å². The second kappa shape index (κ2) is 8.97. The maximum absolute atomic E-state index is 13.1. The summed E-state index contributed by atoms with van der Waals surface area (Å²) in [5, 5.41) is 9.17. The van der Waals surface area contributed by atoms with Crippen molar-refractivity contribution in [1.82, 2.24) is 19.5 Å². The van der Waals surface area contributed by atoms with Gasteiger partial charge in [0, 0.05) is 12.0 Å². The molecule has 1 heterocycles. The Morgan fingerprint density at radius 2 is 1.83 bits per heavy atom. The van der Waals surface area contributed by atoms with Crippen molar-refractivity contribution in [2.75, 3.05) is 0 Å². The lowest BCUT2D eigenvalue weighted by molar-refractivity contribution is 0.407. The molecule has 1 atom stereocenters. The van der Waals surface area contributed by atoms with Gasteiger partial charge in [-0.1, -0.05) is 35.4 Å². The minimum atomic E-state index is -3.70. The predicted octanol–water partition coefficient (Wildman–Crippen LogP) is 3.88. The van der Waals surface area contributed by atoms with Crippen LogP contribution < -0.4 is 9.46 Å². The van der Waals surface area contributed by atoms with Crippen LogP contribution in [0.4, 0.5) is 4.39 Å². The van der Waals surface area contributed by atoms with Crippen LogP contribution in [0.5, 0.6) is 11.8 Å². The molecule has 152 valence electrons. The van der Waals surface area contributed by atoms with Gasteiger partial charge in [-0.2, -0.15) is 0 Å². The van der Waals surface area contributed by atoms with Gasteiger partial charge in [0.1, 0.15) is 11.6 Å². The first-order valence-electron chi connectivity index (χ1n) is 9.00. The third kappa shape index (κ3) is 5.49. The highest BCUT2D eigenvalue weighted by atomic mass is 32.2. The number of benzene rings is 2. The number of hydrogen-bond acceptors (Lipinski definition) is 5. The van der Waals surface area contributed by atoms with E-state index in [1.54, 1.807) is 11.5 Å². The largest absolute Gasteiger partial charge is 0.424 e. The van der Waals surface area contributed by atoms with E-state index in [1.807, 2.05) is 37.3 Å². The zero-order valence-corrected chi connectivity index (χ0v) is 16.8. The van der Waals surface area contributed by atoms with Crippen LogP contribution in [0.2, 0.25) is 0 Å². The molecule has 1 aromatic heterocycles. The molecular formula is C20H21FN4O3S. The Morgan fingerprint density at radius 1 is 1.14 bits per heavy atom. The van der Waals surface area contributed by atoms with E-state index >= 15 is 0 Å². The van der Waals surface area contributed by atoms with Crippen LogP contribution in [0, 0.1) is 5.82 Å². The fourth-order valence-electron chi connectivity index (χ4n) is 2.67. The molecule has 0 aliphatic carbocycles. The molecule has 3 rings (SSSR count). The van der Waals surface area contributed by atoms with E-state index in [2.05, 4.69) is 14.9 Å². The predicted molar refractivity (Wildman–Crippen MR) is 108 cm³/mol. The zero-order chi connectivity index (χ0) is 20.9. The summed E-state index contributed by atoms with van der Waals surface area (Å²) in [6.07, 6.45) is 1.52. The fraction of sp³-hybridized carbons (Fsp3) is 0.200. The minimum absolute atomic E-state index is 0.194. The molecule has 0 aliphatic rings. The summed E-state index contributed by atoms with van der Waals surface area (Å²) in [4.78, 5) is 0. The first-order chi connectivity index (χ1) is 13.9. The molecule has 3 aromatic rings. The first-order valence-corrected chi connectivity index (χ1v) is 10.5. The maximum atomic E-state index is 13.1. The van der Waals surface area contributed by atoms with Crippen molar-refractivity contribution < 1.29 is 17.5 Å². The number of hydrogen-bond donors (Lipinski definition) is 1. The summed E-state index contributed by atoms with van der Waals surface area (Å²) in [7, 11) is -3.70. The van der Waals surface area contributed by atoms with Gasteiger partial charge in [-0.05, 0) is 49.8 Å². The average Bonchev–Trinajstić information content (AvgIpc) is 3.11. The van der Waals surface area contributed by atoms with Crippen LogP contribution >= 0.6 is 0 Å². The summed E-state index contributed by atoms with van der Waals surface area (Å²) in [6.45, 7) is 4.00. The molecule has 29 heavy (non-hydrogen) atoms. The van der Waals surface area contributed by atoms with Gasteiger partial charge in [0.25, 0.3) is 0 Å². The fourth-order valence-corrected chi connectivity index (χ4v) is 3.68. The number of halogens is 1. The highest BCUT2D eigenvalue weighted by molar-refractivity contribution is 7.92. The second-order valence-electron chi connectivity index (χ2n) is 6.24. The SMILES string of the molecule is CCn1c(Oc2ccc(F)cc2)nnc1[C@@H](C)NS(=O)(=O)/C=C/c1ccccc1. The number of ether oxygens (including phenoxy) is 1. The second-order valence-corrected chi connectivity index (χ2v) is 7.84. The van der Waals surface area contributed by atoms with Crippen molar-refractivity contribution in [2.24, 2.45) is 0 Å². The Hall–Kier alpha value is -3.04. The molecule has 7 nitrogen and oxygen atoms in total. The van der Waals surface area contributed by atoms with Crippen molar-refractivity contribution in [2.45, 2.75) is 26.4 Å². The quantitative estimate of drug-likeness (QED) is 0.602. The molecule has 0 spiro atoms. The van der Waals surface area contributed by atoms with Gasteiger partial charge in [-0.25, -0.2) is 17.5 Å². The minimum Gasteiger partial charge on any atom is -0.424 e. The topological polar surface area (TPSA) is 86.1 Å². The van der Waals surface area contributed by atoms with Crippen LogP contribution in [-0.2, 0) is 16.6 Å². The number of aromatic nitrogens is 3. The van der Waals surface area contributed by atoms with E-state index in [4.69, 9.17) is 4.74 Å². The summed E-state index contributed by atoms with van der Waals surface area (Å²) in [5.74, 6) is 0.432. The Labute approximate surface area is 168 Å². The lowest BCUT2D eigenvalue weighted by Gasteiger charge is -2.14. The van der Waals surface area contributed by atoms with Crippen LogP contribution in [0.3, 0.4) is 0 Å². The Morgan fingerprint density at radius 3 is 2.48 bits per heavy atom. The van der Waals surface area contributed by atoms with E-state index in [0.717, 1.165) is 11.0 Å². The van der Waals surface area contributed by atoms with Crippen molar-refractivity contribution in [3.05, 3.63) is 77.2 Å². The van der Waals surface area contributed by atoms with E-state index in [9.17, 15) is 12.8 Å². The van der Waals surface area contributed by atoms with E-state index in [-0.39, 0.29) is 11.8 Å². The summed E-state index contributed by atoms with van der Waals surface area (Å²) in [6, 6.07) is 14.2. The molecule has 0 radical (unpaired) electrons. The van der Waals surface area contributed by atoms with E-state index in [1.165, 1.54) is 30.3 Å². The molecule has 0 saturated heterocycles. The molecule has 9 heteroatoms. The van der Waals surface area contributed by atoms with Gasteiger partial charge in [-0.15, -0.1) is 5.10 Å². The average molecular weight is 416 g/mol. The van der Waals surface area contributed by atoms with Gasteiger partial charge in [0.2, 0.25) is 10.0 Å². The molecule has 0 aliphatic heterocycles. The Balaban J connectivity index is 1.75. The Kier molecular flexibility index (Phi) is 6.40. The molecule has 0 bridgehead atoms. The third-order valence-corrected chi connectivity index (χ3v) is 5.23. The molecule has 0 fully saturated rings. The lowest BCUT2D eigenvalue weighted by Crippen LogP contribution is -2.27. The molecule has 0 amide bonds. The van der Waals surface area contributed by atoms with Crippen LogP contribution in [-0.4, -0.2) is 23.2 Å². The molecular weight excluding hydrogens is 395 g/mol. The van der Waals surface area contributed by atoms with E-state index < -0.39 is 16.1 Å².